The Balaban J connectivity index is 2.04. The number of rotatable bonds is 1. The minimum Gasteiger partial charge on any atom is -0.235 e. The van der Waals surface area contributed by atoms with Crippen molar-refractivity contribution in [3.63, 3.8) is 0 Å². The first kappa shape index (κ1) is 11.6. The Morgan fingerprint density at radius 2 is 1.65 bits per heavy atom. The lowest BCUT2D eigenvalue weighted by Crippen LogP contribution is -1.81. The predicted molar refractivity (Wildman–Crippen MR) is 87.3 cm³/mol. The zero-order valence-corrected chi connectivity index (χ0v) is 11.9. The van der Waals surface area contributed by atoms with Crippen LogP contribution in [0, 0.1) is 6.92 Å². The van der Waals surface area contributed by atoms with Gasteiger partial charge in [0.15, 0.2) is 0 Å². The van der Waals surface area contributed by atoms with Crippen LogP contribution in [0.1, 0.15) is 5.56 Å². The molecule has 2 heteroatoms. The van der Waals surface area contributed by atoms with Gasteiger partial charge in [-0.3, -0.25) is 0 Å². The maximum absolute atomic E-state index is 4.89. The van der Waals surface area contributed by atoms with Crippen LogP contribution in [-0.4, -0.2) is 4.98 Å². The van der Waals surface area contributed by atoms with Crippen molar-refractivity contribution in [2.45, 2.75) is 6.92 Å². The Morgan fingerprint density at radius 3 is 2.55 bits per heavy atom. The first-order valence-corrected chi connectivity index (χ1v) is 7.49. The first-order chi connectivity index (χ1) is 9.83. The summed E-state index contributed by atoms with van der Waals surface area (Å²) in [7, 11) is 0. The van der Waals surface area contributed by atoms with Crippen molar-refractivity contribution < 1.29 is 0 Å². The molecule has 1 nitrogen and oxygen atoms in total. The van der Waals surface area contributed by atoms with Gasteiger partial charge >= 0.3 is 0 Å². The van der Waals surface area contributed by atoms with E-state index in [1.165, 1.54) is 26.6 Å². The molecule has 0 spiro atoms. The highest BCUT2D eigenvalue weighted by atomic mass is 32.1. The standard InChI is InChI=1S/C18H13NS/c1-12-6-2-4-8-14(12)18-19-17-15-9-5-3-7-13(15)10-11-16(17)20-18/h2-11H,1H3. The van der Waals surface area contributed by atoms with Crippen LogP contribution < -0.4 is 0 Å². The van der Waals surface area contributed by atoms with Crippen molar-refractivity contribution in [3.05, 3.63) is 66.2 Å². The summed E-state index contributed by atoms with van der Waals surface area (Å²) < 4.78 is 1.25. The fraction of sp³-hybridized carbons (Fsp3) is 0.0556. The highest BCUT2D eigenvalue weighted by Crippen LogP contribution is 2.35. The summed E-state index contributed by atoms with van der Waals surface area (Å²) in [5, 5.41) is 3.59. The van der Waals surface area contributed by atoms with Crippen molar-refractivity contribution in [1.29, 1.82) is 0 Å². The van der Waals surface area contributed by atoms with E-state index in [-0.39, 0.29) is 0 Å². The molecule has 4 rings (SSSR count). The molecule has 0 unspecified atom stereocenters. The van der Waals surface area contributed by atoms with Crippen LogP contribution >= 0.6 is 11.3 Å². The van der Waals surface area contributed by atoms with Crippen molar-refractivity contribution in [2.75, 3.05) is 0 Å². The number of hydrogen-bond acceptors (Lipinski definition) is 2. The first-order valence-electron chi connectivity index (χ1n) is 6.67. The van der Waals surface area contributed by atoms with Crippen LogP contribution in [0.25, 0.3) is 31.6 Å². The molecule has 20 heavy (non-hydrogen) atoms. The molecule has 3 aromatic carbocycles. The van der Waals surface area contributed by atoms with Gasteiger partial charge in [0.25, 0.3) is 0 Å². The average Bonchev–Trinajstić information content (AvgIpc) is 2.92. The molecule has 0 aliphatic carbocycles. The summed E-state index contributed by atoms with van der Waals surface area (Å²) in [4.78, 5) is 4.89. The summed E-state index contributed by atoms with van der Waals surface area (Å²) in [6.45, 7) is 2.14. The number of fused-ring (bicyclic) bond motifs is 3. The van der Waals surface area contributed by atoms with E-state index in [9.17, 15) is 0 Å². The van der Waals surface area contributed by atoms with Crippen molar-refractivity contribution in [1.82, 2.24) is 4.98 Å². The molecule has 4 aromatic rings. The summed E-state index contributed by atoms with van der Waals surface area (Å²) in [6, 6.07) is 21.2. The van der Waals surface area contributed by atoms with Gasteiger partial charge in [-0.1, -0.05) is 54.6 Å². The van der Waals surface area contributed by atoms with E-state index in [1.807, 2.05) is 0 Å². The number of nitrogens with zero attached hydrogens (tertiary/aromatic N) is 1. The Labute approximate surface area is 121 Å². The topological polar surface area (TPSA) is 12.9 Å². The maximum atomic E-state index is 4.89. The maximum Gasteiger partial charge on any atom is 0.124 e. The zero-order chi connectivity index (χ0) is 13.5. The van der Waals surface area contributed by atoms with Gasteiger partial charge in [-0.05, 0) is 23.9 Å². The predicted octanol–water partition coefficient (Wildman–Crippen LogP) is 5.42. The number of aryl methyl sites for hydroxylation is 1. The SMILES string of the molecule is Cc1ccccc1-c1nc2c(ccc3ccccc32)s1. The number of hydrogen-bond donors (Lipinski definition) is 0. The quantitative estimate of drug-likeness (QED) is 0.451. The second-order valence-electron chi connectivity index (χ2n) is 4.97. The molecule has 0 saturated carbocycles. The Hall–Kier alpha value is -2.19. The molecular weight excluding hydrogens is 262 g/mol. The fourth-order valence-corrected chi connectivity index (χ4v) is 3.66. The van der Waals surface area contributed by atoms with Gasteiger partial charge in [-0.25, -0.2) is 4.98 Å². The van der Waals surface area contributed by atoms with Gasteiger partial charge < -0.3 is 0 Å². The van der Waals surface area contributed by atoms with E-state index >= 15 is 0 Å². The van der Waals surface area contributed by atoms with Crippen molar-refractivity contribution >= 4 is 32.3 Å². The third kappa shape index (κ3) is 1.73. The Kier molecular flexibility index (Phi) is 2.57. The number of thiazole rings is 1. The van der Waals surface area contributed by atoms with Crippen molar-refractivity contribution in [3.8, 4) is 10.6 Å². The van der Waals surface area contributed by atoms with Crippen LogP contribution in [0.15, 0.2) is 60.7 Å². The number of benzene rings is 3. The lowest BCUT2D eigenvalue weighted by molar-refractivity contribution is 1.42. The molecule has 0 amide bonds. The van der Waals surface area contributed by atoms with Crippen LogP contribution in [0.3, 0.4) is 0 Å². The molecule has 0 atom stereocenters. The van der Waals surface area contributed by atoms with E-state index in [0.717, 1.165) is 10.5 Å². The van der Waals surface area contributed by atoms with E-state index in [4.69, 9.17) is 4.98 Å². The lowest BCUT2D eigenvalue weighted by Gasteiger charge is -1.99. The van der Waals surface area contributed by atoms with Gasteiger partial charge in [0.05, 0.1) is 10.2 Å². The summed E-state index contributed by atoms with van der Waals surface area (Å²) in [6.07, 6.45) is 0. The van der Waals surface area contributed by atoms with Gasteiger partial charge in [0.2, 0.25) is 0 Å². The molecule has 0 saturated heterocycles. The molecule has 0 aliphatic heterocycles. The smallest absolute Gasteiger partial charge is 0.124 e. The second-order valence-corrected chi connectivity index (χ2v) is 6.00. The van der Waals surface area contributed by atoms with Gasteiger partial charge in [-0.15, -0.1) is 11.3 Å². The minimum absolute atomic E-state index is 1.11. The highest BCUT2D eigenvalue weighted by Gasteiger charge is 2.10. The molecule has 96 valence electrons. The summed E-state index contributed by atoms with van der Waals surface area (Å²) in [5.41, 5.74) is 3.62. The highest BCUT2D eigenvalue weighted by molar-refractivity contribution is 7.21. The van der Waals surface area contributed by atoms with E-state index in [2.05, 4.69) is 67.6 Å². The lowest BCUT2D eigenvalue weighted by atomic mass is 10.1. The van der Waals surface area contributed by atoms with E-state index in [1.54, 1.807) is 11.3 Å². The summed E-state index contributed by atoms with van der Waals surface area (Å²) >= 11 is 1.77. The van der Waals surface area contributed by atoms with Crippen molar-refractivity contribution in [2.24, 2.45) is 0 Å². The van der Waals surface area contributed by atoms with Crippen LogP contribution in [0.4, 0.5) is 0 Å². The Morgan fingerprint density at radius 1 is 0.850 bits per heavy atom. The molecule has 0 radical (unpaired) electrons. The molecule has 1 aromatic heterocycles. The van der Waals surface area contributed by atoms with Crippen LogP contribution in [0.5, 0.6) is 0 Å². The van der Waals surface area contributed by atoms with Gasteiger partial charge in [0.1, 0.15) is 5.01 Å². The molecule has 0 bridgehead atoms. The fourth-order valence-electron chi connectivity index (χ4n) is 2.59. The molecule has 0 aliphatic rings. The van der Waals surface area contributed by atoms with Gasteiger partial charge in [0, 0.05) is 10.9 Å². The average molecular weight is 275 g/mol. The Bertz CT molecular complexity index is 921. The normalized spacial score (nSPS) is 11.2. The number of aromatic nitrogens is 1. The van der Waals surface area contributed by atoms with E-state index in [0.29, 0.717) is 0 Å². The zero-order valence-electron chi connectivity index (χ0n) is 11.1. The molecule has 0 fully saturated rings. The van der Waals surface area contributed by atoms with Crippen LogP contribution in [0.2, 0.25) is 0 Å². The largest absolute Gasteiger partial charge is 0.235 e. The molecule has 0 N–H and O–H groups in total. The third-order valence-corrected chi connectivity index (χ3v) is 4.71. The third-order valence-electron chi connectivity index (χ3n) is 3.66. The monoisotopic (exact) mass is 275 g/mol. The van der Waals surface area contributed by atoms with E-state index < -0.39 is 0 Å². The second kappa shape index (κ2) is 4.43. The van der Waals surface area contributed by atoms with Gasteiger partial charge in [-0.2, -0.15) is 0 Å². The minimum atomic E-state index is 1.11. The summed E-state index contributed by atoms with van der Waals surface area (Å²) in [5.74, 6) is 0. The molecular formula is C18H13NS. The van der Waals surface area contributed by atoms with Crippen LogP contribution in [-0.2, 0) is 0 Å². The molecule has 1 heterocycles.